The van der Waals surface area contributed by atoms with E-state index in [0.717, 1.165) is 23.8 Å². The largest absolute Gasteiger partial charge is 0.295 e. The van der Waals surface area contributed by atoms with Gasteiger partial charge in [0.1, 0.15) is 5.65 Å². The molecule has 4 nitrogen and oxygen atoms in total. The summed E-state index contributed by atoms with van der Waals surface area (Å²) in [4.78, 5) is 21.3. The average Bonchev–Trinajstić information content (AvgIpc) is 2.51. The van der Waals surface area contributed by atoms with E-state index in [2.05, 4.69) is 9.97 Å². The summed E-state index contributed by atoms with van der Waals surface area (Å²) in [6, 6.07) is 1.83. The summed E-state index contributed by atoms with van der Waals surface area (Å²) >= 11 is 7.70. The highest BCUT2D eigenvalue weighted by Crippen LogP contribution is 2.30. The Balaban J connectivity index is 2.27. The zero-order chi connectivity index (χ0) is 15.0. The number of aryl methyl sites for hydroxylation is 1. The van der Waals surface area contributed by atoms with E-state index < -0.39 is 0 Å². The highest BCUT2D eigenvalue weighted by molar-refractivity contribution is 7.98. The Morgan fingerprint density at radius 1 is 1.33 bits per heavy atom. The van der Waals surface area contributed by atoms with Gasteiger partial charge in [-0.25, -0.2) is 9.97 Å². The summed E-state index contributed by atoms with van der Waals surface area (Å²) in [5, 5.41) is 2.13. The SMILES string of the molecule is CSc1ncc2cc(C3=CCCC=C3Cl)c(=O)n(C)c2n1. The minimum absolute atomic E-state index is 0.0899. The molecule has 0 radical (unpaired) electrons. The van der Waals surface area contributed by atoms with E-state index in [9.17, 15) is 4.79 Å². The number of aromatic nitrogens is 3. The van der Waals surface area contributed by atoms with Crippen LogP contribution < -0.4 is 5.56 Å². The molecule has 0 saturated heterocycles. The summed E-state index contributed by atoms with van der Waals surface area (Å²) in [6.07, 6.45) is 9.43. The van der Waals surface area contributed by atoms with Gasteiger partial charge in [0.2, 0.25) is 0 Å². The molecule has 6 heteroatoms. The molecular weight excluding hydrogens is 306 g/mol. The molecule has 3 rings (SSSR count). The third kappa shape index (κ3) is 2.51. The van der Waals surface area contributed by atoms with Crippen LogP contribution in [-0.4, -0.2) is 20.8 Å². The molecule has 2 aromatic rings. The first-order chi connectivity index (χ1) is 10.1. The van der Waals surface area contributed by atoms with Crippen LogP contribution >= 0.6 is 23.4 Å². The van der Waals surface area contributed by atoms with Gasteiger partial charge in [0.05, 0.1) is 0 Å². The first kappa shape index (κ1) is 14.4. The van der Waals surface area contributed by atoms with Crippen LogP contribution in [0, 0.1) is 0 Å². The lowest BCUT2D eigenvalue weighted by atomic mass is 10.00. The Labute approximate surface area is 131 Å². The van der Waals surface area contributed by atoms with Crippen molar-refractivity contribution in [2.75, 3.05) is 6.26 Å². The number of fused-ring (bicyclic) bond motifs is 1. The molecule has 0 aliphatic heterocycles. The molecule has 0 atom stereocenters. The minimum Gasteiger partial charge on any atom is -0.295 e. The van der Waals surface area contributed by atoms with Crippen molar-refractivity contribution in [3.05, 3.63) is 45.4 Å². The van der Waals surface area contributed by atoms with E-state index in [1.165, 1.54) is 11.8 Å². The van der Waals surface area contributed by atoms with Crippen LogP contribution in [0.5, 0.6) is 0 Å². The molecule has 1 aliphatic carbocycles. The first-order valence-electron chi connectivity index (χ1n) is 6.59. The smallest absolute Gasteiger partial charge is 0.259 e. The van der Waals surface area contributed by atoms with Crippen LogP contribution in [-0.2, 0) is 7.05 Å². The molecule has 2 aromatic heterocycles. The summed E-state index contributed by atoms with van der Waals surface area (Å²) in [5.74, 6) is 0. The number of hydrogen-bond donors (Lipinski definition) is 0. The van der Waals surface area contributed by atoms with Gasteiger partial charge in [-0.05, 0) is 25.2 Å². The molecule has 0 bridgehead atoms. The van der Waals surface area contributed by atoms with Crippen LogP contribution in [0.3, 0.4) is 0 Å². The fourth-order valence-corrected chi connectivity index (χ4v) is 3.03. The highest BCUT2D eigenvalue weighted by atomic mass is 35.5. The second-order valence-corrected chi connectivity index (χ2v) is 5.99. The van der Waals surface area contributed by atoms with Gasteiger partial charge < -0.3 is 0 Å². The molecule has 1 aliphatic rings. The van der Waals surface area contributed by atoms with Crippen molar-refractivity contribution < 1.29 is 0 Å². The van der Waals surface area contributed by atoms with Crippen molar-refractivity contribution >= 4 is 40.0 Å². The van der Waals surface area contributed by atoms with Crippen molar-refractivity contribution in [1.82, 2.24) is 14.5 Å². The van der Waals surface area contributed by atoms with Gasteiger partial charge in [-0.3, -0.25) is 9.36 Å². The van der Waals surface area contributed by atoms with Crippen molar-refractivity contribution in [1.29, 1.82) is 0 Å². The Kier molecular flexibility index (Phi) is 3.87. The predicted octanol–water partition coefficient (Wildman–Crippen LogP) is 3.35. The predicted molar refractivity (Wildman–Crippen MR) is 87.7 cm³/mol. The molecule has 0 spiro atoms. The van der Waals surface area contributed by atoms with E-state index in [0.29, 0.717) is 21.4 Å². The number of thioether (sulfide) groups is 1. The van der Waals surface area contributed by atoms with E-state index in [1.807, 2.05) is 24.5 Å². The molecule has 0 fully saturated rings. The van der Waals surface area contributed by atoms with E-state index in [-0.39, 0.29) is 5.56 Å². The Morgan fingerprint density at radius 2 is 2.10 bits per heavy atom. The topological polar surface area (TPSA) is 47.8 Å². The maximum Gasteiger partial charge on any atom is 0.259 e. The van der Waals surface area contributed by atoms with Gasteiger partial charge in [0.25, 0.3) is 5.56 Å². The Morgan fingerprint density at radius 3 is 2.81 bits per heavy atom. The normalized spacial score (nSPS) is 15.0. The van der Waals surface area contributed by atoms with Gasteiger partial charge in [-0.15, -0.1) is 0 Å². The third-order valence-electron chi connectivity index (χ3n) is 3.50. The molecule has 0 amide bonds. The lowest BCUT2D eigenvalue weighted by Crippen LogP contribution is -2.22. The number of hydrogen-bond acceptors (Lipinski definition) is 4. The molecule has 0 aromatic carbocycles. The van der Waals surface area contributed by atoms with Crippen LogP contribution in [0.25, 0.3) is 16.6 Å². The zero-order valence-corrected chi connectivity index (χ0v) is 13.3. The zero-order valence-electron chi connectivity index (χ0n) is 11.8. The summed E-state index contributed by atoms with van der Waals surface area (Å²) in [6.45, 7) is 0. The molecule has 2 heterocycles. The number of allylic oxidation sites excluding steroid dienone is 4. The molecule has 0 N–H and O–H groups in total. The lowest BCUT2D eigenvalue weighted by Gasteiger charge is -2.13. The Hall–Kier alpha value is -1.59. The van der Waals surface area contributed by atoms with Crippen molar-refractivity contribution in [3.8, 4) is 0 Å². The second kappa shape index (κ2) is 5.66. The quantitative estimate of drug-likeness (QED) is 0.629. The molecule has 21 heavy (non-hydrogen) atoms. The van der Waals surface area contributed by atoms with E-state index >= 15 is 0 Å². The summed E-state index contributed by atoms with van der Waals surface area (Å²) in [5.41, 5.74) is 1.96. The van der Waals surface area contributed by atoms with Crippen LogP contribution in [0.4, 0.5) is 0 Å². The maximum absolute atomic E-state index is 12.6. The standard InChI is InChI=1S/C15H14ClN3OS/c1-19-13-9(8-17-15(18-13)21-2)7-11(14(19)20)10-5-3-4-6-12(10)16/h5-8H,3-4H2,1-2H3. The number of rotatable bonds is 2. The minimum atomic E-state index is -0.0899. The van der Waals surface area contributed by atoms with Crippen molar-refractivity contribution in [3.63, 3.8) is 0 Å². The Bertz CT molecular complexity index is 839. The highest BCUT2D eigenvalue weighted by Gasteiger charge is 2.16. The molecular formula is C15H14ClN3OS. The molecule has 0 unspecified atom stereocenters. The van der Waals surface area contributed by atoms with Gasteiger partial charge in [-0.2, -0.15) is 0 Å². The second-order valence-electron chi connectivity index (χ2n) is 4.81. The fourth-order valence-electron chi connectivity index (χ4n) is 2.41. The summed E-state index contributed by atoms with van der Waals surface area (Å²) in [7, 11) is 1.73. The molecule has 108 valence electrons. The van der Waals surface area contributed by atoms with Gasteiger partial charge in [-0.1, -0.05) is 35.5 Å². The van der Waals surface area contributed by atoms with Crippen LogP contribution in [0.15, 0.2) is 39.4 Å². The number of nitrogens with zero attached hydrogens (tertiary/aromatic N) is 3. The van der Waals surface area contributed by atoms with Crippen LogP contribution in [0.1, 0.15) is 18.4 Å². The first-order valence-corrected chi connectivity index (χ1v) is 8.19. The monoisotopic (exact) mass is 319 g/mol. The van der Waals surface area contributed by atoms with Gasteiger partial charge in [0, 0.05) is 34.8 Å². The van der Waals surface area contributed by atoms with Crippen molar-refractivity contribution in [2.24, 2.45) is 7.05 Å². The van der Waals surface area contributed by atoms with Gasteiger partial charge >= 0.3 is 0 Å². The molecule has 0 saturated carbocycles. The van der Waals surface area contributed by atoms with Crippen molar-refractivity contribution in [2.45, 2.75) is 18.0 Å². The lowest BCUT2D eigenvalue weighted by molar-refractivity contribution is 0.855. The maximum atomic E-state index is 12.6. The van der Waals surface area contributed by atoms with Gasteiger partial charge in [0.15, 0.2) is 5.16 Å². The van der Waals surface area contributed by atoms with E-state index in [1.54, 1.807) is 17.8 Å². The van der Waals surface area contributed by atoms with Crippen LogP contribution in [0.2, 0.25) is 0 Å². The average molecular weight is 320 g/mol. The fraction of sp³-hybridized carbons (Fsp3) is 0.267. The number of halogens is 1. The third-order valence-corrected chi connectivity index (χ3v) is 4.41. The summed E-state index contributed by atoms with van der Waals surface area (Å²) < 4.78 is 1.56. The number of pyridine rings is 1. The van der Waals surface area contributed by atoms with E-state index in [4.69, 9.17) is 11.6 Å².